The standard InChI is InChI=1S/C20H22FN3O5/c1-29-18(25)11-22-4-6-23(7-5-22)17-9-16-13(8-15(17)21)19(26)14(20(27)28)10-24(16)12-2-3-12/h8-10,12H,2-7,11H2,1H3,(H,27,28). The Hall–Kier alpha value is -2.94. The van der Waals surface area contributed by atoms with E-state index in [1.54, 1.807) is 10.6 Å². The monoisotopic (exact) mass is 403 g/mol. The van der Waals surface area contributed by atoms with E-state index >= 15 is 0 Å². The number of carbonyl (C=O) groups excluding carboxylic acids is 1. The lowest BCUT2D eigenvalue weighted by Gasteiger charge is -2.35. The van der Waals surface area contributed by atoms with Crippen molar-refractivity contribution in [2.45, 2.75) is 18.9 Å². The van der Waals surface area contributed by atoms with Gasteiger partial charge in [-0.15, -0.1) is 0 Å². The molecule has 0 spiro atoms. The summed E-state index contributed by atoms with van der Waals surface area (Å²) in [5.74, 6) is -2.17. The number of pyridine rings is 1. The van der Waals surface area contributed by atoms with Crippen LogP contribution < -0.4 is 10.3 Å². The third-order valence-electron chi connectivity index (χ3n) is 5.56. The lowest BCUT2D eigenvalue weighted by Crippen LogP contribution is -2.48. The maximum absolute atomic E-state index is 14.9. The molecule has 9 heteroatoms. The average Bonchev–Trinajstić information content (AvgIpc) is 3.54. The molecule has 1 aromatic heterocycles. The number of fused-ring (bicyclic) bond motifs is 1. The van der Waals surface area contributed by atoms with Crippen molar-refractivity contribution in [2.24, 2.45) is 0 Å². The molecule has 1 saturated heterocycles. The van der Waals surface area contributed by atoms with Gasteiger partial charge in [-0.2, -0.15) is 0 Å². The molecule has 0 amide bonds. The Morgan fingerprint density at radius 1 is 1.21 bits per heavy atom. The molecule has 1 aliphatic heterocycles. The molecule has 29 heavy (non-hydrogen) atoms. The lowest BCUT2D eigenvalue weighted by atomic mass is 10.1. The fourth-order valence-corrected chi connectivity index (χ4v) is 3.80. The minimum atomic E-state index is -1.31. The van der Waals surface area contributed by atoms with E-state index in [1.807, 2.05) is 9.80 Å². The zero-order valence-corrected chi connectivity index (χ0v) is 16.1. The highest BCUT2D eigenvalue weighted by molar-refractivity contribution is 5.93. The molecular formula is C20H22FN3O5. The van der Waals surface area contributed by atoms with E-state index < -0.39 is 17.2 Å². The van der Waals surface area contributed by atoms with Gasteiger partial charge >= 0.3 is 11.9 Å². The summed E-state index contributed by atoms with van der Waals surface area (Å²) in [6.45, 7) is 2.42. The number of benzene rings is 1. The summed E-state index contributed by atoms with van der Waals surface area (Å²) in [5, 5.41) is 9.42. The molecule has 1 aliphatic carbocycles. The summed E-state index contributed by atoms with van der Waals surface area (Å²) in [7, 11) is 1.35. The number of aromatic nitrogens is 1. The molecule has 1 N–H and O–H groups in total. The van der Waals surface area contributed by atoms with Crippen molar-refractivity contribution < 1.29 is 23.8 Å². The number of ether oxygens (including phenoxy) is 1. The van der Waals surface area contributed by atoms with Gasteiger partial charge in [0.05, 0.1) is 24.9 Å². The number of methoxy groups -OCH3 is 1. The highest BCUT2D eigenvalue weighted by Crippen LogP contribution is 2.38. The van der Waals surface area contributed by atoms with E-state index in [2.05, 4.69) is 4.74 Å². The Kier molecular flexibility index (Phi) is 4.99. The Morgan fingerprint density at radius 2 is 1.90 bits per heavy atom. The molecule has 0 unspecified atom stereocenters. The number of halogens is 1. The first-order chi connectivity index (χ1) is 13.9. The number of aromatic carboxylic acids is 1. The Morgan fingerprint density at radius 3 is 2.48 bits per heavy atom. The largest absolute Gasteiger partial charge is 0.477 e. The van der Waals surface area contributed by atoms with Crippen molar-refractivity contribution in [3.8, 4) is 0 Å². The molecule has 2 heterocycles. The number of piperazine rings is 1. The Bertz CT molecular complexity index is 1040. The molecule has 154 valence electrons. The maximum atomic E-state index is 14.9. The minimum Gasteiger partial charge on any atom is -0.477 e. The van der Waals surface area contributed by atoms with Crippen LogP contribution in [0.25, 0.3) is 10.9 Å². The third kappa shape index (κ3) is 3.69. The van der Waals surface area contributed by atoms with Gasteiger partial charge in [-0.3, -0.25) is 14.5 Å². The molecule has 2 fully saturated rings. The summed E-state index contributed by atoms with van der Waals surface area (Å²) in [6.07, 6.45) is 3.17. The van der Waals surface area contributed by atoms with Crippen LogP contribution in [-0.2, 0) is 9.53 Å². The van der Waals surface area contributed by atoms with E-state index in [9.17, 15) is 23.9 Å². The van der Waals surface area contributed by atoms with Crippen LogP contribution in [0, 0.1) is 5.82 Å². The average molecular weight is 403 g/mol. The van der Waals surface area contributed by atoms with Crippen molar-refractivity contribution in [1.29, 1.82) is 0 Å². The van der Waals surface area contributed by atoms with Crippen molar-refractivity contribution in [2.75, 3.05) is 44.7 Å². The molecule has 2 aliphatic rings. The normalized spacial score (nSPS) is 17.5. The predicted molar refractivity (Wildman–Crippen MR) is 104 cm³/mol. The predicted octanol–water partition coefficient (Wildman–Crippen LogP) is 1.47. The van der Waals surface area contributed by atoms with Crippen molar-refractivity contribution in [1.82, 2.24) is 9.47 Å². The zero-order valence-electron chi connectivity index (χ0n) is 16.1. The molecule has 1 aromatic carbocycles. The van der Waals surface area contributed by atoms with Crippen LogP contribution in [0.15, 0.2) is 23.1 Å². The fraction of sp³-hybridized carbons (Fsp3) is 0.450. The maximum Gasteiger partial charge on any atom is 0.341 e. The second-order valence-corrected chi connectivity index (χ2v) is 7.48. The van der Waals surface area contributed by atoms with Gasteiger partial charge in [-0.25, -0.2) is 9.18 Å². The van der Waals surface area contributed by atoms with Gasteiger partial charge in [-0.05, 0) is 25.0 Å². The van der Waals surface area contributed by atoms with Crippen LogP contribution in [0.5, 0.6) is 0 Å². The number of anilines is 1. The van der Waals surface area contributed by atoms with E-state index in [0.29, 0.717) is 37.4 Å². The topological polar surface area (TPSA) is 92.1 Å². The van der Waals surface area contributed by atoms with Gasteiger partial charge in [0, 0.05) is 43.8 Å². The number of nitrogens with zero attached hydrogens (tertiary/aromatic N) is 3. The highest BCUT2D eigenvalue weighted by atomic mass is 19.1. The molecule has 0 bridgehead atoms. The summed E-state index contributed by atoms with van der Waals surface area (Å²) in [5.41, 5.74) is -0.0753. The number of rotatable bonds is 5. The summed E-state index contributed by atoms with van der Waals surface area (Å²) in [6, 6.07) is 2.93. The second-order valence-electron chi connectivity index (χ2n) is 7.48. The first-order valence-corrected chi connectivity index (χ1v) is 9.55. The molecular weight excluding hydrogens is 381 g/mol. The van der Waals surface area contributed by atoms with Gasteiger partial charge in [0.1, 0.15) is 11.4 Å². The van der Waals surface area contributed by atoms with Crippen molar-refractivity contribution in [3.63, 3.8) is 0 Å². The van der Waals surface area contributed by atoms with Crippen molar-refractivity contribution in [3.05, 3.63) is 39.9 Å². The van der Waals surface area contributed by atoms with Crippen LogP contribution in [0.3, 0.4) is 0 Å². The number of carboxylic acid groups (broad SMARTS) is 1. The first-order valence-electron chi connectivity index (χ1n) is 9.55. The molecule has 0 atom stereocenters. The van der Waals surface area contributed by atoms with E-state index in [4.69, 9.17) is 0 Å². The van der Waals surface area contributed by atoms with E-state index in [1.165, 1.54) is 13.3 Å². The van der Waals surface area contributed by atoms with Gasteiger partial charge in [0.25, 0.3) is 0 Å². The minimum absolute atomic E-state index is 0.0855. The van der Waals surface area contributed by atoms with Crippen LogP contribution in [-0.4, -0.2) is 66.3 Å². The van der Waals surface area contributed by atoms with Gasteiger partial charge in [0.2, 0.25) is 5.43 Å². The summed E-state index contributed by atoms with van der Waals surface area (Å²) in [4.78, 5) is 39.3. The first kappa shape index (κ1) is 19.4. The molecule has 4 rings (SSSR count). The molecule has 0 radical (unpaired) electrons. The lowest BCUT2D eigenvalue weighted by molar-refractivity contribution is -0.142. The summed E-state index contributed by atoms with van der Waals surface area (Å²) < 4.78 is 21.4. The molecule has 2 aromatic rings. The van der Waals surface area contributed by atoms with E-state index in [0.717, 1.165) is 18.9 Å². The zero-order chi connectivity index (χ0) is 20.7. The molecule has 8 nitrogen and oxygen atoms in total. The van der Waals surface area contributed by atoms with Crippen LogP contribution in [0.4, 0.5) is 10.1 Å². The van der Waals surface area contributed by atoms with Crippen LogP contribution in [0.1, 0.15) is 29.2 Å². The van der Waals surface area contributed by atoms with Crippen LogP contribution in [0.2, 0.25) is 0 Å². The van der Waals surface area contributed by atoms with Gasteiger partial charge < -0.3 is 19.3 Å². The van der Waals surface area contributed by atoms with E-state index in [-0.39, 0.29) is 29.5 Å². The third-order valence-corrected chi connectivity index (χ3v) is 5.56. The second kappa shape index (κ2) is 7.47. The van der Waals surface area contributed by atoms with Gasteiger partial charge in [-0.1, -0.05) is 0 Å². The van der Waals surface area contributed by atoms with Gasteiger partial charge in [0.15, 0.2) is 0 Å². The Balaban J connectivity index is 1.68. The number of hydrogen-bond donors (Lipinski definition) is 1. The number of carbonyl (C=O) groups is 2. The summed E-state index contributed by atoms with van der Waals surface area (Å²) >= 11 is 0. The number of esters is 1. The highest BCUT2D eigenvalue weighted by Gasteiger charge is 2.28. The van der Waals surface area contributed by atoms with Crippen molar-refractivity contribution >= 4 is 28.5 Å². The SMILES string of the molecule is COC(=O)CN1CCN(c2cc3c(cc2F)c(=O)c(C(=O)O)cn3C2CC2)CC1. The Labute approximate surface area is 166 Å². The van der Waals surface area contributed by atoms with Crippen LogP contribution >= 0.6 is 0 Å². The number of carboxylic acids is 1. The molecule has 1 saturated carbocycles. The quantitative estimate of drug-likeness (QED) is 0.756. The smallest absolute Gasteiger partial charge is 0.341 e. The fourth-order valence-electron chi connectivity index (χ4n) is 3.80. The number of hydrogen-bond acceptors (Lipinski definition) is 6.